The zero-order valence-corrected chi connectivity index (χ0v) is 69.6. The van der Waals surface area contributed by atoms with Gasteiger partial charge in [-0.15, -0.1) is 25.5 Å². The van der Waals surface area contributed by atoms with Gasteiger partial charge in [-0.2, -0.15) is 35.5 Å². The number of amidine groups is 1. The summed E-state index contributed by atoms with van der Waals surface area (Å²) < 4.78 is 1.61. The minimum absolute atomic E-state index is 0.0694. The van der Waals surface area contributed by atoms with Crippen LogP contribution in [0.1, 0.15) is 195 Å². The van der Waals surface area contributed by atoms with Crippen molar-refractivity contribution in [3.05, 3.63) is 235 Å². The van der Waals surface area contributed by atoms with Crippen LogP contribution in [0.25, 0.3) is 0 Å². The number of aromatic nitrogens is 21. The van der Waals surface area contributed by atoms with Gasteiger partial charge in [-0.1, -0.05) is 123 Å². The van der Waals surface area contributed by atoms with Crippen LogP contribution in [0.4, 0.5) is 0 Å². The summed E-state index contributed by atoms with van der Waals surface area (Å²) in [6, 6.07) is 21.2. The van der Waals surface area contributed by atoms with Crippen molar-refractivity contribution in [1.29, 1.82) is 0 Å². The van der Waals surface area contributed by atoms with E-state index in [-0.39, 0.29) is 6.17 Å². The number of hydrogen-bond donors (Lipinski definition) is 0. The lowest BCUT2D eigenvalue weighted by Crippen LogP contribution is -1.92. The van der Waals surface area contributed by atoms with E-state index in [0.717, 1.165) is 58.1 Å². The molecule has 10 aromatic heterocycles. The molecule has 0 amide bonds. The Labute approximate surface area is 630 Å². The van der Waals surface area contributed by atoms with Crippen LogP contribution in [0.5, 0.6) is 0 Å². The van der Waals surface area contributed by atoms with Gasteiger partial charge in [0, 0.05) is 111 Å². The summed E-state index contributed by atoms with van der Waals surface area (Å²) in [5, 5.41) is 54.3. The van der Waals surface area contributed by atoms with Crippen LogP contribution in [0.3, 0.4) is 0 Å². The number of azo groups is 2. The van der Waals surface area contributed by atoms with Crippen molar-refractivity contribution in [1.82, 2.24) is 105 Å². The number of aryl methyl sites for hydroxylation is 12. The molecule has 0 saturated heterocycles. The van der Waals surface area contributed by atoms with Crippen molar-refractivity contribution in [2.75, 3.05) is 13.1 Å². The first-order valence-electron chi connectivity index (χ1n) is 35.3. The van der Waals surface area contributed by atoms with E-state index in [2.05, 4.69) is 137 Å². The van der Waals surface area contributed by atoms with E-state index in [1.54, 1.807) is 119 Å². The summed E-state index contributed by atoms with van der Waals surface area (Å²) in [5.41, 5.74) is 9.81. The standard InChI is InChI=1S/3C6H7N.5C5H6N2.C4H7N3.C4H6N2.2C3H6N4.C3H5N3.8C2H6/c1-6-2-4-7-5-3-6;1-6-3-2-4-7-5-6;1-6-4-2-3-5-7-6;1-5-2-6-4-7-3-5;1-5-4-6-2-3-7-5;1-5-2-3-6-4-7-5;1-5-6-3-2-4-7-5;1-5-3-2-4-6-7-5;1-3-5-4(2)7-6-3;1-4-2-5-6-3-4;1-3-4-5-6-7(3)2;1-3-4-6-7(2)5-3;1-3-2-4-6-5-3;8*1-2/h3*2-5H,1H3;5*2-4H,1H3;3H,1-2H3;2H,3H2,1H3;2*1-2H3;2H2,1H3;8*1-2H3. The fourth-order valence-corrected chi connectivity index (χ4v) is 4.93. The molecule has 578 valence electrons. The number of pyridine rings is 3. The van der Waals surface area contributed by atoms with E-state index in [4.69, 9.17) is 0 Å². The molecule has 0 fully saturated rings. The minimum atomic E-state index is 0.0694. The molecule has 3 aliphatic heterocycles. The molecular weight excluding hydrogens is 1320 g/mol. The molecule has 10 aromatic rings. The molecule has 1 unspecified atom stereocenters. The van der Waals surface area contributed by atoms with E-state index in [9.17, 15) is 0 Å². The number of rotatable bonds is 0. The third-order valence-corrected chi connectivity index (χ3v) is 9.42. The molecule has 0 N–H and O–H groups in total. The highest BCUT2D eigenvalue weighted by Crippen LogP contribution is 2.02. The van der Waals surface area contributed by atoms with E-state index in [0.29, 0.717) is 12.4 Å². The quantitative estimate of drug-likeness (QED) is 0.136. The normalized spacial score (nSPS) is 10.4. The molecule has 0 spiro atoms. The van der Waals surface area contributed by atoms with E-state index < -0.39 is 0 Å². The zero-order chi connectivity index (χ0) is 81.5. The maximum absolute atomic E-state index is 3.98. The Balaban J connectivity index is -0.000000159. The lowest BCUT2D eigenvalue weighted by molar-refractivity contribution is 0.629. The molecule has 29 heteroatoms. The summed E-state index contributed by atoms with van der Waals surface area (Å²) in [4.78, 5) is 47.7. The number of tetrazole rings is 2. The van der Waals surface area contributed by atoms with Crippen LogP contribution in [0.2, 0.25) is 0 Å². The Morgan fingerprint density at radius 3 is 1.16 bits per heavy atom. The van der Waals surface area contributed by atoms with Gasteiger partial charge in [0.15, 0.2) is 12.0 Å². The first-order chi connectivity index (χ1) is 50.8. The van der Waals surface area contributed by atoms with E-state index in [1.165, 1.54) is 34.2 Å². The van der Waals surface area contributed by atoms with Crippen molar-refractivity contribution in [2.45, 2.75) is 214 Å². The average molecular weight is 1450 g/mol. The van der Waals surface area contributed by atoms with Crippen LogP contribution in [-0.2, 0) is 14.1 Å². The fraction of sp³-hybridized carbons (Fsp3) is 0.461. The van der Waals surface area contributed by atoms with E-state index in [1.807, 2.05) is 268 Å². The smallest absolute Gasteiger partial charge is 0.171 e. The van der Waals surface area contributed by atoms with Gasteiger partial charge in [0.2, 0.25) is 0 Å². The lowest BCUT2D eigenvalue weighted by atomic mass is 10.3. The highest BCUT2D eigenvalue weighted by atomic mass is 15.6. The second-order valence-electron chi connectivity index (χ2n) is 18.1. The van der Waals surface area contributed by atoms with Gasteiger partial charge >= 0.3 is 0 Å². The molecule has 105 heavy (non-hydrogen) atoms. The van der Waals surface area contributed by atoms with Gasteiger partial charge in [-0.05, 0) is 195 Å². The Morgan fingerprint density at radius 2 is 0.962 bits per heavy atom. The minimum Gasteiger partial charge on any atom is -0.265 e. The second kappa shape index (κ2) is 89.0. The molecular formula is C76H129N29. The van der Waals surface area contributed by atoms with Gasteiger partial charge in [0.25, 0.3) is 0 Å². The summed E-state index contributed by atoms with van der Waals surface area (Å²) in [6.07, 6.45) is 29.3. The van der Waals surface area contributed by atoms with Gasteiger partial charge < -0.3 is 0 Å². The first-order valence-corrected chi connectivity index (χ1v) is 35.3. The Morgan fingerprint density at radius 1 is 0.400 bits per heavy atom. The second-order valence-corrected chi connectivity index (χ2v) is 18.1. The van der Waals surface area contributed by atoms with E-state index >= 15 is 0 Å². The predicted molar refractivity (Wildman–Crippen MR) is 432 cm³/mol. The van der Waals surface area contributed by atoms with Gasteiger partial charge in [-0.3, -0.25) is 24.9 Å². The molecule has 0 aromatic carbocycles. The maximum atomic E-state index is 3.98. The Bertz CT molecular complexity index is 2940. The van der Waals surface area contributed by atoms with Gasteiger partial charge in [-0.25, -0.2) is 39.6 Å². The number of nitrogens with zero attached hydrogens (tertiary/aromatic N) is 29. The van der Waals surface area contributed by atoms with Gasteiger partial charge in [0.05, 0.1) is 30.7 Å². The monoisotopic (exact) mass is 1450 g/mol. The molecule has 3 aliphatic rings. The highest BCUT2D eigenvalue weighted by Gasteiger charge is 2.01. The number of hydrogen-bond acceptors (Lipinski definition) is 27. The highest BCUT2D eigenvalue weighted by molar-refractivity contribution is 5.84. The largest absolute Gasteiger partial charge is 0.265 e. The van der Waals surface area contributed by atoms with Crippen molar-refractivity contribution in [3.8, 4) is 0 Å². The van der Waals surface area contributed by atoms with Crippen molar-refractivity contribution >= 4 is 11.5 Å². The molecule has 1 atom stereocenters. The van der Waals surface area contributed by atoms with Gasteiger partial charge in [0.1, 0.15) is 36.7 Å². The maximum Gasteiger partial charge on any atom is 0.171 e. The first kappa shape index (κ1) is 110. The molecule has 0 saturated carbocycles. The SMILES string of the molecule is CC.CC.CC.CC.CC.CC.CC.CC.CC1=CN=NC1.CC1=NC(C)N=N1.CC1=NN=NC1.Cc1ccccn1.Cc1cccnc1.Cc1cccnn1.Cc1ccncc1.Cc1ccncn1.Cc1cnccn1.Cc1cncnc1.Cc1ncccn1.Cc1nnn(C)n1.Cc1nnnn1C. The molecule has 29 nitrogen and oxygen atoms in total. The summed E-state index contributed by atoms with van der Waals surface area (Å²) in [6.45, 7) is 60.4. The molecule has 13 rings (SSSR count). The summed E-state index contributed by atoms with van der Waals surface area (Å²) in [7, 11) is 3.54. The molecule has 0 bridgehead atoms. The fourth-order valence-electron chi connectivity index (χ4n) is 4.93. The average Bonchev–Trinajstić information content (AvgIpc) is 1.91. The van der Waals surface area contributed by atoms with Crippen LogP contribution in [-0.4, -0.2) is 136 Å². The topological polar surface area (TPSA) is 354 Å². The van der Waals surface area contributed by atoms with Crippen molar-refractivity contribution in [2.24, 2.45) is 55.0 Å². The third-order valence-electron chi connectivity index (χ3n) is 9.42. The van der Waals surface area contributed by atoms with Crippen LogP contribution in [0.15, 0.2) is 219 Å². The Hall–Kier alpha value is -11.1. The predicted octanol–water partition coefficient (Wildman–Crippen LogP) is 18.7. The summed E-state index contributed by atoms with van der Waals surface area (Å²) in [5.74, 6) is 3.15. The summed E-state index contributed by atoms with van der Waals surface area (Å²) >= 11 is 0. The molecule has 13 heterocycles. The van der Waals surface area contributed by atoms with Crippen LogP contribution >= 0.6 is 0 Å². The third kappa shape index (κ3) is 85.2. The van der Waals surface area contributed by atoms with Crippen LogP contribution in [0, 0.1) is 69.2 Å². The molecule has 0 radical (unpaired) electrons. The lowest BCUT2D eigenvalue weighted by Gasteiger charge is -1.82. The Kier molecular flexibility index (Phi) is 93.0. The zero-order valence-electron chi connectivity index (χ0n) is 69.6. The van der Waals surface area contributed by atoms with Crippen LogP contribution < -0.4 is 0 Å². The number of aliphatic imine (C=N–C) groups is 1. The van der Waals surface area contributed by atoms with Crippen molar-refractivity contribution in [3.63, 3.8) is 0 Å². The molecule has 0 aliphatic carbocycles. The van der Waals surface area contributed by atoms with Crippen molar-refractivity contribution < 1.29 is 0 Å².